The number of hydrogen-bond donors (Lipinski definition) is 1. The van der Waals surface area contributed by atoms with Gasteiger partial charge in [-0.05, 0) is 57.8 Å². The van der Waals surface area contributed by atoms with Gasteiger partial charge in [0.2, 0.25) is 0 Å². The van der Waals surface area contributed by atoms with Crippen molar-refractivity contribution in [3.63, 3.8) is 0 Å². The summed E-state index contributed by atoms with van der Waals surface area (Å²) in [6.07, 6.45) is 51.3. The molecule has 0 heterocycles. The quantitative estimate of drug-likeness (QED) is 0.0515. The summed E-state index contributed by atoms with van der Waals surface area (Å²) in [6.45, 7) is 13.1. The molecule has 0 aliphatic carbocycles. The maximum Gasteiger partial charge on any atom is 0.0786 e. The molecule has 0 saturated carbocycles. The Hall–Kier alpha value is -0.0800. The molecule has 0 spiro atoms. The average Bonchev–Trinajstić information content (AvgIpc) is 3.06. The molecule has 0 aliphatic rings. The zero-order valence-corrected chi connectivity index (χ0v) is 32.9. The molecule has 2 heteroatoms. The van der Waals surface area contributed by atoms with Crippen LogP contribution in [0.1, 0.15) is 252 Å². The van der Waals surface area contributed by atoms with Gasteiger partial charge in [-0.3, -0.25) is 0 Å². The van der Waals surface area contributed by atoms with Gasteiger partial charge < -0.3 is 9.59 Å². The largest absolute Gasteiger partial charge is 0.396 e. The zero-order chi connectivity index (χ0) is 33.5. The standard InChI is InChI=1S/C44H92NO/c1-4-7-10-13-16-19-22-25-30-35-40-45(43-38-33-28-29-34-39-44-46,41-36-31-26-23-20-17-14-11-8-5-2)42-37-32-27-24-21-18-15-12-9-6-3/h46H,4-44H2,1-3H3/q+1. The van der Waals surface area contributed by atoms with E-state index in [1.165, 1.54) is 255 Å². The summed E-state index contributed by atoms with van der Waals surface area (Å²) in [6, 6.07) is 0. The Balaban J connectivity index is 4.81. The Labute approximate surface area is 293 Å². The molecular weight excluding hydrogens is 558 g/mol. The summed E-state index contributed by atoms with van der Waals surface area (Å²) in [5.41, 5.74) is 0. The summed E-state index contributed by atoms with van der Waals surface area (Å²) < 4.78 is 1.45. The van der Waals surface area contributed by atoms with Crippen LogP contribution in [0.25, 0.3) is 0 Å². The van der Waals surface area contributed by atoms with E-state index in [-0.39, 0.29) is 0 Å². The minimum atomic E-state index is 0.372. The Morgan fingerprint density at radius 3 is 0.609 bits per heavy atom. The monoisotopic (exact) mass is 651 g/mol. The first-order chi connectivity index (χ1) is 22.7. The van der Waals surface area contributed by atoms with Crippen LogP contribution in [0.15, 0.2) is 0 Å². The minimum Gasteiger partial charge on any atom is -0.396 e. The summed E-state index contributed by atoms with van der Waals surface area (Å²) in [7, 11) is 0. The molecule has 0 saturated heterocycles. The minimum absolute atomic E-state index is 0.372. The predicted octanol–water partition coefficient (Wildman–Crippen LogP) is 14.9. The van der Waals surface area contributed by atoms with Crippen LogP contribution in [-0.2, 0) is 0 Å². The molecular formula is C44H92NO+. The second kappa shape index (κ2) is 39.4. The molecule has 0 fully saturated rings. The fourth-order valence-corrected chi connectivity index (χ4v) is 7.74. The summed E-state index contributed by atoms with van der Waals surface area (Å²) in [5, 5.41) is 9.16. The Kier molecular flexibility index (Phi) is 39.3. The molecule has 0 aromatic heterocycles. The number of unbranched alkanes of at least 4 members (excludes halogenated alkanes) is 32. The van der Waals surface area contributed by atoms with Gasteiger partial charge in [0, 0.05) is 6.61 Å². The lowest BCUT2D eigenvalue weighted by molar-refractivity contribution is -0.929. The van der Waals surface area contributed by atoms with Gasteiger partial charge in [0.05, 0.1) is 26.2 Å². The van der Waals surface area contributed by atoms with Crippen molar-refractivity contribution in [2.45, 2.75) is 252 Å². The highest BCUT2D eigenvalue weighted by Gasteiger charge is 2.25. The van der Waals surface area contributed by atoms with Crippen molar-refractivity contribution in [1.82, 2.24) is 0 Å². The summed E-state index contributed by atoms with van der Waals surface area (Å²) >= 11 is 0. The van der Waals surface area contributed by atoms with Crippen LogP contribution in [-0.4, -0.2) is 42.4 Å². The first-order valence-corrected chi connectivity index (χ1v) is 22.2. The highest BCUT2D eigenvalue weighted by Crippen LogP contribution is 2.21. The lowest BCUT2D eigenvalue weighted by Gasteiger charge is -2.40. The third-order valence-electron chi connectivity index (χ3n) is 11.0. The lowest BCUT2D eigenvalue weighted by Crippen LogP contribution is -2.50. The molecule has 0 aromatic carbocycles. The van der Waals surface area contributed by atoms with Crippen LogP contribution in [0.4, 0.5) is 0 Å². The number of aliphatic hydroxyl groups excluding tert-OH is 1. The Bertz CT molecular complexity index is 474. The normalized spacial score (nSPS) is 12.0. The first kappa shape index (κ1) is 45.9. The van der Waals surface area contributed by atoms with Crippen LogP contribution in [0.2, 0.25) is 0 Å². The molecule has 0 aromatic rings. The molecule has 278 valence electrons. The van der Waals surface area contributed by atoms with E-state index in [2.05, 4.69) is 20.8 Å². The smallest absolute Gasteiger partial charge is 0.0786 e. The lowest BCUT2D eigenvalue weighted by atomic mass is 10.0. The van der Waals surface area contributed by atoms with Gasteiger partial charge in [-0.1, -0.05) is 194 Å². The van der Waals surface area contributed by atoms with E-state index in [9.17, 15) is 0 Å². The Morgan fingerprint density at radius 1 is 0.239 bits per heavy atom. The van der Waals surface area contributed by atoms with E-state index < -0.39 is 0 Å². The van der Waals surface area contributed by atoms with Crippen molar-refractivity contribution in [1.29, 1.82) is 0 Å². The van der Waals surface area contributed by atoms with Crippen molar-refractivity contribution < 1.29 is 9.59 Å². The van der Waals surface area contributed by atoms with Crippen LogP contribution < -0.4 is 0 Å². The fourth-order valence-electron chi connectivity index (χ4n) is 7.74. The van der Waals surface area contributed by atoms with Gasteiger partial charge in [-0.25, -0.2) is 0 Å². The van der Waals surface area contributed by atoms with Crippen molar-refractivity contribution in [3.05, 3.63) is 0 Å². The molecule has 2 nitrogen and oxygen atoms in total. The highest BCUT2D eigenvalue weighted by atomic mass is 16.2. The van der Waals surface area contributed by atoms with Gasteiger partial charge in [0.1, 0.15) is 0 Å². The van der Waals surface area contributed by atoms with Crippen molar-refractivity contribution in [2.24, 2.45) is 0 Å². The zero-order valence-electron chi connectivity index (χ0n) is 32.9. The topological polar surface area (TPSA) is 20.2 Å². The number of hydrogen-bond acceptors (Lipinski definition) is 1. The number of rotatable bonds is 41. The van der Waals surface area contributed by atoms with Gasteiger partial charge >= 0.3 is 0 Å². The maximum atomic E-state index is 9.16. The number of aliphatic hydroxyl groups is 1. The van der Waals surface area contributed by atoms with E-state index in [0.29, 0.717) is 6.61 Å². The molecule has 0 radical (unpaired) electrons. The molecule has 0 amide bonds. The van der Waals surface area contributed by atoms with E-state index in [1.807, 2.05) is 0 Å². The van der Waals surface area contributed by atoms with E-state index in [1.54, 1.807) is 0 Å². The molecule has 0 bridgehead atoms. The average molecular weight is 651 g/mol. The highest BCUT2D eigenvalue weighted by molar-refractivity contribution is 4.56. The Morgan fingerprint density at radius 2 is 0.413 bits per heavy atom. The van der Waals surface area contributed by atoms with Crippen LogP contribution >= 0.6 is 0 Å². The van der Waals surface area contributed by atoms with Gasteiger partial charge in [0.25, 0.3) is 0 Å². The van der Waals surface area contributed by atoms with Gasteiger partial charge in [-0.2, -0.15) is 0 Å². The van der Waals surface area contributed by atoms with Crippen molar-refractivity contribution in [2.75, 3.05) is 32.8 Å². The number of nitrogens with zero attached hydrogens (tertiary/aromatic N) is 1. The van der Waals surface area contributed by atoms with E-state index >= 15 is 0 Å². The van der Waals surface area contributed by atoms with E-state index in [0.717, 1.165) is 6.42 Å². The van der Waals surface area contributed by atoms with Crippen LogP contribution in [0, 0.1) is 0 Å². The molecule has 0 atom stereocenters. The molecule has 1 N–H and O–H groups in total. The SMILES string of the molecule is CCCCCCCCCCCC[N+](CCCCCCCCO)(CCCCCCCCCCCC)CCCCCCCCCCCC. The van der Waals surface area contributed by atoms with Crippen molar-refractivity contribution in [3.8, 4) is 0 Å². The molecule has 0 aliphatic heterocycles. The molecule has 46 heavy (non-hydrogen) atoms. The second-order valence-corrected chi connectivity index (χ2v) is 15.6. The summed E-state index contributed by atoms with van der Waals surface area (Å²) in [5.74, 6) is 0. The fraction of sp³-hybridized carbons (Fsp3) is 1.00. The van der Waals surface area contributed by atoms with Crippen molar-refractivity contribution >= 4 is 0 Å². The molecule has 0 unspecified atom stereocenters. The maximum absolute atomic E-state index is 9.16. The van der Waals surface area contributed by atoms with Crippen LogP contribution in [0.3, 0.4) is 0 Å². The van der Waals surface area contributed by atoms with Crippen LogP contribution in [0.5, 0.6) is 0 Å². The first-order valence-electron chi connectivity index (χ1n) is 22.2. The third kappa shape index (κ3) is 33.8. The van der Waals surface area contributed by atoms with E-state index in [4.69, 9.17) is 5.11 Å². The molecule has 0 rings (SSSR count). The van der Waals surface area contributed by atoms with Gasteiger partial charge in [-0.15, -0.1) is 0 Å². The van der Waals surface area contributed by atoms with Gasteiger partial charge in [0.15, 0.2) is 0 Å². The number of quaternary nitrogens is 1. The summed E-state index contributed by atoms with van der Waals surface area (Å²) in [4.78, 5) is 0. The predicted molar refractivity (Wildman–Crippen MR) is 210 cm³/mol. The second-order valence-electron chi connectivity index (χ2n) is 15.6. The third-order valence-corrected chi connectivity index (χ3v) is 11.0.